The minimum Gasteiger partial charge on any atom is -0.265 e. The number of amides is 1. The first-order valence-electron chi connectivity index (χ1n) is 9.21. The van der Waals surface area contributed by atoms with Crippen molar-refractivity contribution in [3.63, 3.8) is 0 Å². The van der Waals surface area contributed by atoms with Gasteiger partial charge in [-0.05, 0) is 49.1 Å². The van der Waals surface area contributed by atoms with Gasteiger partial charge < -0.3 is 0 Å². The molecule has 5 nitrogen and oxygen atoms in total. The van der Waals surface area contributed by atoms with Gasteiger partial charge in [-0.1, -0.05) is 48.0 Å². The van der Waals surface area contributed by atoms with Gasteiger partial charge >= 0.3 is 0 Å². The van der Waals surface area contributed by atoms with Crippen molar-refractivity contribution in [1.82, 2.24) is 15.2 Å². The van der Waals surface area contributed by atoms with Crippen LogP contribution in [0.5, 0.6) is 0 Å². The Labute approximate surface area is 173 Å². The molecule has 144 valence electrons. The molecule has 0 radical (unpaired) electrons. The lowest BCUT2D eigenvalue weighted by Gasteiger charge is -2.08. The normalized spacial score (nSPS) is 11.1. The molecule has 2 aromatic carbocycles. The van der Waals surface area contributed by atoms with Gasteiger partial charge in [0.2, 0.25) is 0 Å². The van der Waals surface area contributed by atoms with Crippen molar-refractivity contribution < 1.29 is 4.79 Å². The molecule has 1 amide bonds. The number of aryl methyl sites for hydroxylation is 2. The van der Waals surface area contributed by atoms with Gasteiger partial charge in [0, 0.05) is 10.4 Å². The second-order valence-corrected chi connectivity index (χ2v) is 7.73. The van der Waals surface area contributed by atoms with Crippen molar-refractivity contribution in [2.24, 2.45) is 5.10 Å². The number of thiophene rings is 1. The van der Waals surface area contributed by atoms with Crippen LogP contribution in [0.2, 0.25) is 0 Å². The third-order valence-corrected chi connectivity index (χ3v) is 5.24. The lowest BCUT2D eigenvalue weighted by atomic mass is 10.1. The Hall–Kier alpha value is -3.51. The molecule has 0 aliphatic carbocycles. The van der Waals surface area contributed by atoms with E-state index in [0.29, 0.717) is 5.69 Å². The van der Waals surface area contributed by atoms with Crippen LogP contribution in [0.15, 0.2) is 77.2 Å². The van der Waals surface area contributed by atoms with E-state index in [2.05, 4.69) is 15.6 Å². The third kappa shape index (κ3) is 4.33. The summed E-state index contributed by atoms with van der Waals surface area (Å²) in [5.74, 6) is -0.349. The van der Waals surface area contributed by atoms with E-state index in [0.717, 1.165) is 27.4 Å². The van der Waals surface area contributed by atoms with Crippen LogP contribution in [0.4, 0.5) is 0 Å². The topological polar surface area (TPSA) is 59.3 Å². The van der Waals surface area contributed by atoms with Crippen molar-refractivity contribution in [3.05, 3.63) is 93.8 Å². The van der Waals surface area contributed by atoms with Gasteiger partial charge in [-0.3, -0.25) is 4.79 Å². The number of hydrogen-bond donors (Lipinski definition) is 1. The predicted molar refractivity (Wildman–Crippen MR) is 118 cm³/mol. The first-order valence-corrected chi connectivity index (χ1v) is 10.1. The van der Waals surface area contributed by atoms with E-state index in [1.54, 1.807) is 28.3 Å². The highest BCUT2D eigenvalue weighted by Gasteiger charge is 2.16. The lowest BCUT2D eigenvalue weighted by Crippen LogP contribution is -2.18. The summed E-state index contributed by atoms with van der Waals surface area (Å²) in [4.78, 5) is 13.6. The molecule has 0 aliphatic heterocycles. The van der Waals surface area contributed by atoms with Crippen LogP contribution in [0.3, 0.4) is 0 Å². The van der Waals surface area contributed by atoms with Crippen molar-refractivity contribution in [2.75, 3.05) is 0 Å². The van der Waals surface area contributed by atoms with Crippen LogP contribution in [-0.4, -0.2) is 21.9 Å². The second-order valence-electron chi connectivity index (χ2n) is 6.75. The van der Waals surface area contributed by atoms with E-state index in [1.165, 1.54) is 5.56 Å². The number of hydrazone groups is 1. The molecule has 29 heavy (non-hydrogen) atoms. The van der Waals surface area contributed by atoms with Gasteiger partial charge in [0.15, 0.2) is 5.69 Å². The minimum absolute atomic E-state index is 0.311. The number of benzene rings is 2. The SMILES string of the molecule is Cc1ccc(-c2cc(C(=O)N/N=C\c3cccs3)nn2-c2cccc(C)c2)cc1. The van der Waals surface area contributed by atoms with Crippen LogP contribution < -0.4 is 5.43 Å². The van der Waals surface area contributed by atoms with E-state index in [1.807, 2.05) is 79.9 Å². The fourth-order valence-electron chi connectivity index (χ4n) is 2.96. The highest BCUT2D eigenvalue weighted by Crippen LogP contribution is 2.25. The number of hydrogen-bond acceptors (Lipinski definition) is 4. The zero-order valence-electron chi connectivity index (χ0n) is 16.2. The van der Waals surface area contributed by atoms with E-state index in [-0.39, 0.29) is 5.91 Å². The first-order chi connectivity index (χ1) is 14.1. The molecule has 0 fully saturated rings. The Morgan fingerprint density at radius 3 is 2.59 bits per heavy atom. The van der Waals surface area contributed by atoms with Gasteiger partial charge in [-0.25, -0.2) is 10.1 Å². The summed E-state index contributed by atoms with van der Waals surface area (Å²) in [5, 5.41) is 10.6. The maximum atomic E-state index is 12.6. The molecule has 4 aromatic rings. The number of nitrogens with one attached hydrogen (secondary N) is 1. The smallest absolute Gasteiger partial charge is 0.265 e. The van der Waals surface area contributed by atoms with E-state index in [9.17, 15) is 4.79 Å². The fraction of sp³-hybridized carbons (Fsp3) is 0.0870. The molecule has 0 spiro atoms. The van der Waals surface area contributed by atoms with Gasteiger partial charge in [0.25, 0.3) is 5.91 Å². The standard InChI is InChI=1S/C23H20N4OS/c1-16-8-10-18(11-9-16)22-14-21(23(28)25-24-15-20-7-4-12-29-20)26-27(22)19-6-3-5-17(2)13-19/h3-15H,1-2H3,(H,25,28)/b24-15-. The van der Waals surface area contributed by atoms with Crippen molar-refractivity contribution >= 4 is 23.5 Å². The van der Waals surface area contributed by atoms with Crippen LogP contribution in [0.25, 0.3) is 16.9 Å². The Bertz CT molecular complexity index is 1160. The number of aromatic nitrogens is 2. The molecule has 0 saturated heterocycles. The Balaban J connectivity index is 1.69. The van der Waals surface area contributed by atoms with Gasteiger partial charge in [-0.15, -0.1) is 11.3 Å². The molecule has 6 heteroatoms. The van der Waals surface area contributed by atoms with Crippen LogP contribution in [-0.2, 0) is 0 Å². The first kappa shape index (κ1) is 18.8. The minimum atomic E-state index is -0.349. The van der Waals surface area contributed by atoms with Crippen LogP contribution >= 0.6 is 11.3 Å². The third-order valence-electron chi connectivity index (χ3n) is 4.44. The van der Waals surface area contributed by atoms with E-state index in [4.69, 9.17) is 0 Å². The van der Waals surface area contributed by atoms with Crippen molar-refractivity contribution in [3.8, 4) is 16.9 Å². The van der Waals surface area contributed by atoms with Crippen LogP contribution in [0.1, 0.15) is 26.5 Å². The molecule has 0 bridgehead atoms. The number of nitrogens with zero attached hydrogens (tertiary/aromatic N) is 3. The van der Waals surface area contributed by atoms with Gasteiger partial charge in [0.05, 0.1) is 17.6 Å². The summed E-state index contributed by atoms with van der Waals surface area (Å²) in [6, 6.07) is 21.9. The quantitative estimate of drug-likeness (QED) is 0.379. The van der Waals surface area contributed by atoms with Crippen LogP contribution in [0, 0.1) is 13.8 Å². The second kappa shape index (κ2) is 8.24. The average Bonchev–Trinajstić information content (AvgIpc) is 3.38. The summed E-state index contributed by atoms with van der Waals surface area (Å²) in [6.07, 6.45) is 1.63. The fourth-order valence-corrected chi connectivity index (χ4v) is 3.54. The molecule has 0 unspecified atom stereocenters. The molecule has 0 aliphatic rings. The zero-order valence-corrected chi connectivity index (χ0v) is 17.0. The molecular weight excluding hydrogens is 380 g/mol. The molecule has 1 N–H and O–H groups in total. The van der Waals surface area contributed by atoms with Crippen molar-refractivity contribution in [1.29, 1.82) is 0 Å². The average molecular weight is 401 g/mol. The summed E-state index contributed by atoms with van der Waals surface area (Å²) in [6.45, 7) is 4.08. The lowest BCUT2D eigenvalue weighted by molar-refractivity contribution is 0.0949. The Morgan fingerprint density at radius 1 is 1.03 bits per heavy atom. The number of rotatable bonds is 5. The molecule has 4 rings (SSSR count). The van der Waals surface area contributed by atoms with E-state index < -0.39 is 0 Å². The summed E-state index contributed by atoms with van der Waals surface area (Å²) in [5.41, 5.74) is 7.92. The summed E-state index contributed by atoms with van der Waals surface area (Å²) >= 11 is 1.55. The van der Waals surface area contributed by atoms with Gasteiger partial charge in [-0.2, -0.15) is 10.2 Å². The molecular formula is C23H20N4OS. The van der Waals surface area contributed by atoms with E-state index >= 15 is 0 Å². The number of carbonyl (C=O) groups excluding carboxylic acids is 1. The summed E-state index contributed by atoms with van der Waals surface area (Å²) < 4.78 is 1.80. The molecule has 2 heterocycles. The molecule has 0 saturated carbocycles. The molecule has 0 atom stereocenters. The zero-order chi connectivity index (χ0) is 20.2. The highest BCUT2D eigenvalue weighted by molar-refractivity contribution is 7.11. The predicted octanol–water partition coefficient (Wildman–Crippen LogP) is 4.98. The summed E-state index contributed by atoms with van der Waals surface area (Å²) in [7, 11) is 0. The molecule has 2 aromatic heterocycles. The monoisotopic (exact) mass is 400 g/mol. The Morgan fingerprint density at radius 2 is 1.86 bits per heavy atom. The number of carbonyl (C=O) groups is 1. The van der Waals surface area contributed by atoms with Crippen molar-refractivity contribution in [2.45, 2.75) is 13.8 Å². The Kier molecular flexibility index (Phi) is 5.35. The largest absolute Gasteiger partial charge is 0.291 e. The highest BCUT2D eigenvalue weighted by atomic mass is 32.1. The maximum Gasteiger partial charge on any atom is 0.291 e. The van der Waals surface area contributed by atoms with Gasteiger partial charge in [0.1, 0.15) is 0 Å². The maximum absolute atomic E-state index is 12.6.